The molecule has 0 saturated carbocycles. The molecule has 98 valence electrons. The molecule has 0 aliphatic rings. The number of esters is 1. The molecule has 0 aromatic heterocycles. The van der Waals surface area contributed by atoms with Gasteiger partial charge in [-0.05, 0) is 0 Å². The zero-order chi connectivity index (χ0) is 13.6. The quantitative estimate of drug-likeness (QED) is 0.483. The first kappa shape index (κ1) is 17.2. The van der Waals surface area contributed by atoms with Gasteiger partial charge in [0.2, 0.25) is 0 Å². The number of allylic oxidation sites excluding steroid dienone is 2. The molecule has 0 aromatic carbocycles. The van der Waals surface area contributed by atoms with Gasteiger partial charge < -0.3 is 0 Å². The Labute approximate surface area is 117 Å². The second-order valence-electron chi connectivity index (χ2n) is 5.02. The first-order valence-corrected chi connectivity index (χ1v) is 16.7. The third-order valence-electron chi connectivity index (χ3n) is 2.55. The number of ether oxygens (including phenoxy) is 1. The molecule has 0 radical (unpaired) electrons. The third-order valence-corrected chi connectivity index (χ3v) is 9.63. The number of carbonyl (C=O) groups excluding carboxylic acids is 1. The summed E-state index contributed by atoms with van der Waals surface area (Å²) in [5.74, 6) is -0.268. The van der Waals surface area contributed by atoms with Crippen molar-refractivity contribution in [3.05, 3.63) is 20.7 Å². The van der Waals surface area contributed by atoms with Crippen molar-refractivity contribution in [1.29, 1.82) is 0 Å². The van der Waals surface area contributed by atoms with Gasteiger partial charge in [-0.2, -0.15) is 0 Å². The molecule has 0 spiro atoms. The van der Waals surface area contributed by atoms with Gasteiger partial charge in [0.1, 0.15) is 0 Å². The molecule has 0 heterocycles. The fourth-order valence-electron chi connectivity index (χ4n) is 1.94. The summed E-state index contributed by atoms with van der Waals surface area (Å²) < 4.78 is 7.33. The number of hydrogen-bond donors (Lipinski definition) is 0. The van der Waals surface area contributed by atoms with E-state index in [1.807, 2.05) is 13.8 Å². The average Bonchev–Trinajstić information content (AvgIpc) is 2.14. The Balaban J connectivity index is 5.16. The van der Waals surface area contributed by atoms with Gasteiger partial charge in [0, 0.05) is 0 Å². The standard InChI is InChI=1S/C10H14BrO2.3CH3.Sn/c1-4-6-9(7-8(3)11)10(12)13-5-2;;;;/h4,9H,3,5,7H2,1-2H3;3*1H3;. The van der Waals surface area contributed by atoms with Crippen LogP contribution in [0.2, 0.25) is 14.8 Å². The molecule has 0 rings (SSSR count). The van der Waals surface area contributed by atoms with Crippen LogP contribution in [0.1, 0.15) is 20.3 Å². The van der Waals surface area contributed by atoms with Crippen molar-refractivity contribution >= 4 is 40.3 Å². The average molecular weight is 410 g/mol. The van der Waals surface area contributed by atoms with Crippen LogP contribution in [-0.2, 0) is 9.53 Å². The van der Waals surface area contributed by atoms with Gasteiger partial charge in [0.25, 0.3) is 0 Å². The predicted molar refractivity (Wildman–Crippen MR) is 79.9 cm³/mol. The summed E-state index contributed by atoms with van der Waals surface area (Å²) >= 11 is 1.09. The summed E-state index contributed by atoms with van der Waals surface area (Å²) in [5, 5.41) is 0. The molecule has 17 heavy (non-hydrogen) atoms. The molecule has 1 unspecified atom stereocenters. The van der Waals surface area contributed by atoms with Gasteiger partial charge in [-0.25, -0.2) is 0 Å². The van der Waals surface area contributed by atoms with E-state index in [0.717, 1.165) is 4.48 Å². The Hall–Kier alpha value is 0.229. The van der Waals surface area contributed by atoms with Crippen molar-refractivity contribution in [2.75, 3.05) is 6.61 Å². The molecule has 0 aliphatic heterocycles. The van der Waals surface area contributed by atoms with Gasteiger partial charge in [0.15, 0.2) is 0 Å². The summed E-state index contributed by atoms with van der Waals surface area (Å²) in [6, 6.07) is 0. The van der Waals surface area contributed by atoms with E-state index in [4.69, 9.17) is 4.74 Å². The SMILES string of the molecule is C=C(Br)CC(C(=O)OCC)/[C](=C/C)[Sn]([CH3])([CH3])[CH3]. The van der Waals surface area contributed by atoms with Crippen molar-refractivity contribution in [3.63, 3.8) is 0 Å². The molecule has 0 aromatic rings. The molecule has 0 N–H and O–H groups in total. The minimum absolute atomic E-state index is 0.118. The van der Waals surface area contributed by atoms with Crippen LogP contribution in [0, 0.1) is 5.92 Å². The van der Waals surface area contributed by atoms with Crippen LogP contribution in [0.15, 0.2) is 20.7 Å². The minimum atomic E-state index is -2.26. The molecule has 2 nitrogen and oxygen atoms in total. The first-order chi connectivity index (χ1) is 7.73. The zero-order valence-corrected chi connectivity index (χ0v) is 15.9. The fraction of sp³-hybridized carbons (Fsp3) is 0.615. The second kappa shape index (κ2) is 7.62. The third kappa shape index (κ3) is 6.09. The molecule has 4 heteroatoms. The van der Waals surface area contributed by atoms with Crippen LogP contribution < -0.4 is 0 Å². The van der Waals surface area contributed by atoms with Crippen LogP contribution in [0.5, 0.6) is 0 Å². The Morgan fingerprint density at radius 1 is 1.47 bits per heavy atom. The number of halogens is 1. The van der Waals surface area contributed by atoms with Crippen LogP contribution >= 0.6 is 15.9 Å². The van der Waals surface area contributed by atoms with Gasteiger partial charge in [0.05, 0.1) is 0 Å². The van der Waals surface area contributed by atoms with Crippen molar-refractivity contribution in [2.24, 2.45) is 5.92 Å². The van der Waals surface area contributed by atoms with Crippen molar-refractivity contribution in [1.82, 2.24) is 0 Å². The zero-order valence-electron chi connectivity index (χ0n) is 11.5. The van der Waals surface area contributed by atoms with E-state index in [1.165, 1.54) is 3.59 Å². The van der Waals surface area contributed by atoms with Crippen LogP contribution in [0.4, 0.5) is 0 Å². The maximum absolute atomic E-state index is 12.0. The summed E-state index contributed by atoms with van der Waals surface area (Å²) in [6.07, 6.45) is 2.74. The summed E-state index contributed by atoms with van der Waals surface area (Å²) in [7, 11) is 0. The molecule has 0 amide bonds. The van der Waals surface area contributed by atoms with E-state index in [9.17, 15) is 4.79 Å². The Morgan fingerprint density at radius 2 is 2.00 bits per heavy atom. The molecular formula is C13H23BrO2Sn. The van der Waals surface area contributed by atoms with E-state index in [0.29, 0.717) is 13.0 Å². The van der Waals surface area contributed by atoms with Crippen LogP contribution in [0.25, 0.3) is 0 Å². The van der Waals surface area contributed by atoms with E-state index in [1.54, 1.807) is 0 Å². The van der Waals surface area contributed by atoms with Crippen LogP contribution in [-0.4, -0.2) is 31.0 Å². The molecule has 0 aliphatic carbocycles. The van der Waals surface area contributed by atoms with Gasteiger partial charge in [-0.15, -0.1) is 0 Å². The number of carbonyl (C=O) groups is 1. The van der Waals surface area contributed by atoms with Crippen molar-refractivity contribution < 1.29 is 9.53 Å². The van der Waals surface area contributed by atoms with Crippen molar-refractivity contribution in [2.45, 2.75) is 35.1 Å². The summed E-state index contributed by atoms with van der Waals surface area (Å²) in [5.41, 5.74) is 0. The number of rotatable bonds is 6. The van der Waals surface area contributed by atoms with E-state index in [2.05, 4.69) is 43.4 Å². The predicted octanol–water partition coefficient (Wildman–Crippen LogP) is 4.29. The van der Waals surface area contributed by atoms with E-state index >= 15 is 0 Å². The Kier molecular flexibility index (Phi) is 7.72. The first-order valence-electron chi connectivity index (χ1n) is 5.90. The Morgan fingerprint density at radius 3 is 2.29 bits per heavy atom. The van der Waals surface area contributed by atoms with E-state index in [-0.39, 0.29) is 11.9 Å². The molecule has 0 saturated heterocycles. The normalized spacial score (nSPS) is 14.4. The summed E-state index contributed by atoms with van der Waals surface area (Å²) in [6.45, 7) is 8.13. The molecule has 0 fully saturated rings. The van der Waals surface area contributed by atoms with E-state index < -0.39 is 18.4 Å². The van der Waals surface area contributed by atoms with Gasteiger partial charge in [-0.1, -0.05) is 0 Å². The molecule has 1 atom stereocenters. The fourth-order valence-corrected chi connectivity index (χ4v) is 8.35. The number of hydrogen-bond acceptors (Lipinski definition) is 2. The molecule has 0 bridgehead atoms. The summed E-state index contributed by atoms with van der Waals surface area (Å²) in [4.78, 5) is 19.0. The molecular weight excluding hydrogens is 387 g/mol. The topological polar surface area (TPSA) is 26.3 Å². The van der Waals surface area contributed by atoms with Gasteiger partial charge >= 0.3 is 118 Å². The monoisotopic (exact) mass is 410 g/mol. The Bertz CT molecular complexity index is 316. The second-order valence-corrected chi connectivity index (χ2v) is 20.6. The maximum atomic E-state index is 12.0. The van der Waals surface area contributed by atoms with Gasteiger partial charge in [-0.3, -0.25) is 0 Å². The van der Waals surface area contributed by atoms with Crippen molar-refractivity contribution in [3.8, 4) is 0 Å². The van der Waals surface area contributed by atoms with Crippen LogP contribution in [0.3, 0.4) is 0 Å².